The summed E-state index contributed by atoms with van der Waals surface area (Å²) in [5.41, 5.74) is 11.0. The Morgan fingerprint density at radius 1 is 0.486 bits per heavy atom. The molecule has 37 heavy (non-hydrogen) atoms. The van der Waals surface area contributed by atoms with E-state index in [4.69, 9.17) is 0 Å². The van der Waals surface area contributed by atoms with Crippen LogP contribution in [-0.2, 0) is 39.0 Å². The third kappa shape index (κ3) is 5.42. The second-order valence-corrected chi connectivity index (χ2v) is 9.38. The Kier molecular flexibility index (Phi) is 9.76. The summed E-state index contributed by atoms with van der Waals surface area (Å²) in [6, 6.07) is 39.8. The molecule has 0 amide bonds. The minimum Gasteiger partial charge on any atom is -1.00 e. The molecule has 0 radical (unpaired) electrons. The summed E-state index contributed by atoms with van der Waals surface area (Å²) in [5.74, 6) is 0. The smallest absolute Gasteiger partial charge is 1.00 e. The van der Waals surface area contributed by atoms with E-state index in [9.17, 15) is 0 Å². The standard InChI is InChI=1S/C34H28.2ClH.Zr/c1-23-21-27-15-9-17-31(25-11-5-3-6-12-25)33(27)29(23)19-20-30-24(2)22-28-16-10-18-32(34(28)30)26-13-7-4-8-14-26;;;/h3-18,21-22H,19-20H2,1-2H3;2*1H;/q-2;;;+4/p-2. The zero-order valence-electron chi connectivity index (χ0n) is 21.1. The molecule has 0 aromatic heterocycles. The van der Waals surface area contributed by atoms with Crippen LogP contribution in [0.2, 0.25) is 0 Å². The van der Waals surface area contributed by atoms with Crippen LogP contribution in [0.25, 0.3) is 43.8 Å². The van der Waals surface area contributed by atoms with Gasteiger partial charge in [0.2, 0.25) is 0 Å². The van der Waals surface area contributed by atoms with Gasteiger partial charge in [0.25, 0.3) is 0 Å². The van der Waals surface area contributed by atoms with E-state index in [0.29, 0.717) is 0 Å². The monoisotopic (exact) mass is 596 g/mol. The molecule has 0 N–H and O–H groups in total. The molecule has 6 rings (SSSR count). The van der Waals surface area contributed by atoms with Crippen molar-refractivity contribution in [3.63, 3.8) is 0 Å². The summed E-state index contributed by atoms with van der Waals surface area (Å²) in [6.07, 6.45) is 2.09. The first-order valence-electron chi connectivity index (χ1n) is 12.2. The molecule has 0 atom stereocenters. The molecule has 0 aliphatic heterocycles. The number of aryl methyl sites for hydroxylation is 4. The average Bonchev–Trinajstić information content (AvgIpc) is 3.38. The molecule has 0 aliphatic carbocycles. The van der Waals surface area contributed by atoms with Crippen molar-refractivity contribution in [3.05, 3.63) is 131 Å². The zero-order valence-corrected chi connectivity index (χ0v) is 25.0. The number of hydrogen-bond acceptors (Lipinski definition) is 0. The summed E-state index contributed by atoms with van der Waals surface area (Å²) in [7, 11) is 0. The maximum absolute atomic E-state index is 2.36. The number of halogens is 2. The van der Waals surface area contributed by atoms with Crippen LogP contribution in [0.4, 0.5) is 0 Å². The quantitative estimate of drug-likeness (QED) is 0.268. The van der Waals surface area contributed by atoms with Gasteiger partial charge in [-0.3, -0.25) is 0 Å². The number of benzene rings is 4. The first-order chi connectivity index (χ1) is 16.7. The van der Waals surface area contributed by atoms with Gasteiger partial charge >= 0.3 is 26.2 Å². The van der Waals surface area contributed by atoms with E-state index in [2.05, 4.69) is 123 Å². The van der Waals surface area contributed by atoms with Gasteiger partial charge in [-0.2, -0.15) is 11.1 Å². The van der Waals surface area contributed by atoms with E-state index in [-0.39, 0.29) is 51.0 Å². The van der Waals surface area contributed by atoms with Crippen molar-refractivity contribution in [1.82, 2.24) is 0 Å². The minimum absolute atomic E-state index is 0. The molecule has 0 unspecified atom stereocenters. The van der Waals surface area contributed by atoms with Crippen molar-refractivity contribution >= 4 is 21.5 Å². The van der Waals surface area contributed by atoms with Crippen molar-refractivity contribution in [1.29, 1.82) is 0 Å². The van der Waals surface area contributed by atoms with Gasteiger partial charge in [0.15, 0.2) is 0 Å². The predicted octanol–water partition coefficient (Wildman–Crippen LogP) is 3.17. The number of hydrogen-bond donors (Lipinski definition) is 0. The Morgan fingerprint density at radius 3 is 1.24 bits per heavy atom. The van der Waals surface area contributed by atoms with Crippen LogP contribution in [0.1, 0.15) is 22.3 Å². The third-order valence-electron chi connectivity index (χ3n) is 7.29. The molecular formula is C34H28Cl2Zr. The Hall–Kier alpha value is -2.44. The predicted molar refractivity (Wildman–Crippen MR) is 147 cm³/mol. The molecule has 0 heterocycles. The molecule has 0 saturated heterocycles. The van der Waals surface area contributed by atoms with Gasteiger partial charge in [-0.25, -0.2) is 0 Å². The molecule has 6 aromatic carbocycles. The van der Waals surface area contributed by atoms with Crippen LogP contribution in [0.15, 0.2) is 109 Å². The first-order valence-corrected chi connectivity index (χ1v) is 12.2. The first kappa shape index (κ1) is 29.1. The maximum atomic E-state index is 2.36. The van der Waals surface area contributed by atoms with E-state index in [0.717, 1.165) is 12.8 Å². The molecule has 0 nitrogen and oxygen atoms in total. The molecule has 0 fully saturated rings. The fraction of sp³-hybridized carbons (Fsp3) is 0.118. The second kappa shape index (κ2) is 12.4. The molecule has 182 valence electrons. The van der Waals surface area contributed by atoms with Gasteiger partial charge in [0, 0.05) is 0 Å². The van der Waals surface area contributed by atoms with Gasteiger partial charge in [-0.1, -0.05) is 111 Å². The van der Waals surface area contributed by atoms with E-state index in [1.54, 1.807) is 0 Å². The topological polar surface area (TPSA) is 0 Å². The molecule has 3 heteroatoms. The van der Waals surface area contributed by atoms with Gasteiger partial charge in [-0.05, 0) is 11.1 Å². The van der Waals surface area contributed by atoms with E-state index < -0.39 is 0 Å². The fourth-order valence-electron chi connectivity index (χ4n) is 5.70. The molecular weight excluding hydrogens is 571 g/mol. The Balaban J connectivity index is 0.00000127. The SMILES string of the molecule is Cc1[cH-]c2cccc(-c3ccccc3)c2c1CCc1c(C)[cH-]c2cccc(-c3ccccc3)c12.[Cl-].[Cl-].[Zr+4]. The summed E-state index contributed by atoms with van der Waals surface area (Å²) in [4.78, 5) is 0. The van der Waals surface area contributed by atoms with Crippen LogP contribution in [0.3, 0.4) is 0 Å². The Labute approximate surface area is 251 Å². The van der Waals surface area contributed by atoms with Crippen molar-refractivity contribution in [2.75, 3.05) is 0 Å². The minimum atomic E-state index is 0. The number of fused-ring (bicyclic) bond motifs is 2. The van der Waals surface area contributed by atoms with Crippen LogP contribution in [-0.4, -0.2) is 0 Å². The Bertz CT molecular complexity index is 1480. The van der Waals surface area contributed by atoms with Gasteiger partial charge in [-0.15, -0.1) is 69.1 Å². The van der Waals surface area contributed by atoms with Gasteiger partial charge in [0.1, 0.15) is 0 Å². The van der Waals surface area contributed by atoms with Crippen molar-refractivity contribution in [2.24, 2.45) is 0 Å². The van der Waals surface area contributed by atoms with Crippen LogP contribution in [0.5, 0.6) is 0 Å². The molecule has 0 spiro atoms. The van der Waals surface area contributed by atoms with E-state index in [1.165, 1.54) is 66.1 Å². The van der Waals surface area contributed by atoms with Crippen LogP contribution >= 0.6 is 0 Å². The molecule has 0 bridgehead atoms. The molecule has 0 aliphatic rings. The van der Waals surface area contributed by atoms with Gasteiger partial charge in [0.05, 0.1) is 0 Å². The largest absolute Gasteiger partial charge is 4.00 e. The van der Waals surface area contributed by atoms with Crippen molar-refractivity contribution in [2.45, 2.75) is 26.7 Å². The summed E-state index contributed by atoms with van der Waals surface area (Å²) < 4.78 is 0. The summed E-state index contributed by atoms with van der Waals surface area (Å²) in [6.45, 7) is 4.55. The average molecular weight is 599 g/mol. The zero-order chi connectivity index (χ0) is 23.1. The fourth-order valence-corrected chi connectivity index (χ4v) is 5.70. The normalized spacial score (nSPS) is 10.5. The van der Waals surface area contributed by atoms with Crippen LogP contribution in [0, 0.1) is 13.8 Å². The Morgan fingerprint density at radius 2 is 0.865 bits per heavy atom. The third-order valence-corrected chi connectivity index (χ3v) is 7.29. The van der Waals surface area contributed by atoms with Crippen molar-refractivity contribution < 1.29 is 51.0 Å². The number of rotatable bonds is 5. The van der Waals surface area contributed by atoms with Crippen molar-refractivity contribution in [3.8, 4) is 22.3 Å². The van der Waals surface area contributed by atoms with Gasteiger partial charge < -0.3 is 24.8 Å². The summed E-state index contributed by atoms with van der Waals surface area (Å²) in [5, 5.41) is 5.54. The maximum Gasteiger partial charge on any atom is 4.00 e. The second-order valence-electron chi connectivity index (χ2n) is 9.38. The summed E-state index contributed by atoms with van der Waals surface area (Å²) >= 11 is 0. The molecule has 0 saturated carbocycles. The van der Waals surface area contributed by atoms with Crippen LogP contribution < -0.4 is 24.8 Å². The van der Waals surface area contributed by atoms with E-state index in [1.807, 2.05) is 0 Å². The van der Waals surface area contributed by atoms with E-state index >= 15 is 0 Å². The molecule has 6 aromatic rings.